The fourth-order valence-corrected chi connectivity index (χ4v) is 10.3. The Bertz CT molecular complexity index is 3600. The zero-order valence-electron chi connectivity index (χ0n) is 36.3. The van der Waals surface area contributed by atoms with E-state index in [0.717, 1.165) is 33.5 Å². The lowest BCUT2D eigenvalue weighted by molar-refractivity contribution is 0.662. The van der Waals surface area contributed by atoms with Gasteiger partial charge in [-0.05, 0) is 113 Å². The normalized spacial score (nSPS) is 12.6. The Labute approximate surface area is 380 Å². The van der Waals surface area contributed by atoms with Crippen molar-refractivity contribution in [3.05, 3.63) is 242 Å². The molecule has 10 aromatic carbocycles. The number of rotatable bonds is 7. The molecular formula is C63H44N2. The van der Waals surface area contributed by atoms with Gasteiger partial charge in [0.25, 0.3) is 0 Å². The Morgan fingerprint density at radius 3 is 1.52 bits per heavy atom. The molecule has 0 N–H and O–H groups in total. The molecule has 0 saturated heterocycles. The van der Waals surface area contributed by atoms with Gasteiger partial charge in [0.15, 0.2) is 5.82 Å². The molecule has 0 spiro atoms. The van der Waals surface area contributed by atoms with Gasteiger partial charge in [0.1, 0.15) is 0 Å². The van der Waals surface area contributed by atoms with Crippen molar-refractivity contribution in [2.24, 2.45) is 0 Å². The lowest BCUT2D eigenvalue weighted by Crippen LogP contribution is -2.16. The van der Waals surface area contributed by atoms with Crippen molar-refractivity contribution >= 4 is 21.5 Å². The number of nitrogens with zero attached hydrogens (tertiary/aromatic N) is 2. The summed E-state index contributed by atoms with van der Waals surface area (Å²) in [5.74, 6) is 0.700. The molecule has 0 aliphatic heterocycles. The van der Waals surface area contributed by atoms with Gasteiger partial charge in [0, 0.05) is 22.1 Å². The monoisotopic (exact) mass is 828 g/mol. The van der Waals surface area contributed by atoms with Gasteiger partial charge in [-0.3, -0.25) is 0 Å². The third-order valence-corrected chi connectivity index (χ3v) is 13.5. The highest BCUT2D eigenvalue weighted by Gasteiger charge is 2.37. The number of benzene rings is 10. The maximum atomic E-state index is 5.31. The second-order valence-corrected chi connectivity index (χ2v) is 17.7. The summed E-state index contributed by atoms with van der Waals surface area (Å²) in [5, 5.41) is 4.79. The summed E-state index contributed by atoms with van der Waals surface area (Å²) in [7, 11) is 0. The van der Waals surface area contributed by atoms with E-state index in [1.54, 1.807) is 0 Å². The predicted molar refractivity (Wildman–Crippen MR) is 273 cm³/mol. The molecule has 0 unspecified atom stereocenters. The lowest BCUT2D eigenvalue weighted by Gasteiger charge is -2.25. The summed E-state index contributed by atoms with van der Waals surface area (Å²) < 4.78 is 0. The Hall–Kier alpha value is -8.20. The van der Waals surface area contributed by atoms with Crippen molar-refractivity contribution in [3.8, 4) is 89.5 Å². The van der Waals surface area contributed by atoms with Gasteiger partial charge in [-0.25, -0.2) is 9.97 Å². The first kappa shape index (κ1) is 38.5. The van der Waals surface area contributed by atoms with Crippen molar-refractivity contribution in [2.75, 3.05) is 0 Å². The Morgan fingerprint density at radius 2 is 0.769 bits per heavy atom. The molecule has 0 atom stereocenters. The predicted octanol–water partition coefficient (Wildman–Crippen LogP) is 16.8. The molecule has 306 valence electrons. The third-order valence-electron chi connectivity index (χ3n) is 13.5. The number of hydrogen-bond acceptors (Lipinski definition) is 2. The first-order chi connectivity index (χ1) is 32.0. The van der Waals surface area contributed by atoms with E-state index in [1.165, 1.54) is 82.9 Å². The smallest absolute Gasteiger partial charge is 0.160 e. The maximum absolute atomic E-state index is 5.31. The highest BCUT2D eigenvalue weighted by atomic mass is 14.9. The van der Waals surface area contributed by atoms with Gasteiger partial charge < -0.3 is 0 Å². The standard InChI is InChI=1S/C63H44N2/c1-63(2)58-30-14-13-26-55(58)57-29-16-28-52(61(57)63)48-38-46(50-27-15-22-43-19-9-10-23-49(43)50)37-47(39-48)51-35-36-56(54-25-12-11-24-53(51)54)60-40-59(64-62(65-60)45-20-7-4-8-21-45)44-33-31-42(32-34-44)41-17-5-3-6-18-41/h3-40H,1-2H3. The van der Waals surface area contributed by atoms with Crippen molar-refractivity contribution in [2.45, 2.75) is 19.3 Å². The zero-order valence-corrected chi connectivity index (χ0v) is 36.3. The van der Waals surface area contributed by atoms with Crippen molar-refractivity contribution in [1.29, 1.82) is 0 Å². The fourth-order valence-electron chi connectivity index (χ4n) is 10.3. The van der Waals surface area contributed by atoms with Crippen LogP contribution in [-0.4, -0.2) is 9.97 Å². The van der Waals surface area contributed by atoms with E-state index in [9.17, 15) is 0 Å². The molecule has 11 aromatic rings. The van der Waals surface area contributed by atoms with Crippen LogP contribution >= 0.6 is 0 Å². The van der Waals surface area contributed by atoms with Crippen LogP contribution in [0.4, 0.5) is 0 Å². The van der Waals surface area contributed by atoms with Crippen molar-refractivity contribution in [1.82, 2.24) is 9.97 Å². The van der Waals surface area contributed by atoms with Crippen LogP contribution in [-0.2, 0) is 5.41 Å². The van der Waals surface area contributed by atoms with Crippen LogP contribution in [0.1, 0.15) is 25.0 Å². The van der Waals surface area contributed by atoms with Gasteiger partial charge in [0.2, 0.25) is 0 Å². The molecule has 0 fully saturated rings. The minimum absolute atomic E-state index is 0.161. The van der Waals surface area contributed by atoms with Gasteiger partial charge >= 0.3 is 0 Å². The molecule has 0 saturated carbocycles. The summed E-state index contributed by atoms with van der Waals surface area (Å²) in [6.07, 6.45) is 0. The van der Waals surface area contributed by atoms with E-state index in [2.05, 4.69) is 226 Å². The summed E-state index contributed by atoms with van der Waals surface area (Å²) in [4.78, 5) is 10.5. The van der Waals surface area contributed by atoms with Crippen molar-refractivity contribution < 1.29 is 0 Å². The van der Waals surface area contributed by atoms with Gasteiger partial charge in [-0.1, -0.05) is 220 Å². The number of fused-ring (bicyclic) bond motifs is 5. The first-order valence-electron chi connectivity index (χ1n) is 22.5. The molecule has 0 radical (unpaired) electrons. The molecule has 0 bridgehead atoms. The number of aromatic nitrogens is 2. The van der Waals surface area contributed by atoms with Crippen LogP contribution in [0.3, 0.4) is 0 Å². The zero-order chi connectivity index (χ0) is 43.5. The van der Waals surface area contributed by atoms with E-state index in [0.29, 0.717) is 5.82 Å². The largest absolute Gasteiger partial charge is 0.228 e. The second kappa shape index (κ2) is 15.6. The van der Waals surface area contributed by atoms with Crippen molar-refractivity contribution in [3.63, 3.8) is 0 Å². The topological polar surface area (TPSA) is 25.8 Å². The minimum atomic E-state index is -0.161. The number of hydrogen-bond donors (Lipinski definition) is 0. The van der Waals surface area contributed by atoms with Crippen LogP contribution in [0, 0.1) is 0 Å². The van der Waals surface area contributed by atoms with E-state index in [1.807, 2.05) is 18.2 Å². The molecule has 0 amide bonds. The van der Waals surface area contributed by atoms with E-state index < -0.39 is 0 Å². The van der Waals surface area contributed by atoms with E-state index in [4.69, 9.17) is 9.97 Å². The molecule has 1 heterocycles. The van der Waals surface area contributed by atoms with Crippen LogP contribution in [0.2, 0.25) is 0 Å². The van der Waals surface area contributed by atoms with Crippen LogP contribution in [0.15, 0.2) is 231 Å². The minimum Gasteiger partial charge on any atom is -0.228 e. The molecule has 2 heteroatoms. The Balaban J connectivity index is 1.05. The molecule has 1 aromatic heterocycles. The average molecular weight is 829 g/mol. The highest BCUT2D eigenvalue weighted by molar-refractivity contribution is 6.06. The van der Waals surface area contributed by atoms with E-state index in [-0.39, 0.29) is 5.41 Å². The van der Waals surface area contributed by atoms with Gasteiger partial charge in [-0.15, -0.1) is 0 Å². The highest BCUT2D eigenvalue weighted by Crippen LogP contribution is 2.53. The Morgan fingerprint density at radius 1 is 0.292 bits per heavy atom. The van der Waals surface area contributed by atoms with Crippen LogP contribution in [0.25, 0.3) is 111 Å². The summed E-state index contributed by atoms with van der Waals surface area (Å²) in [6, 6.07) is 83.5. The van der Waals surface area contributed by atoms with Gasteiger partial charge in [-0.2, -0.15) is 0 Å². The molecule has 1 aliphatic rings. The second-order valence-electron chi connectivity index (χ2n) is 17.7. The molecular weight excluding hydrogens is 785 g/mol. The summed E-state index contributed by atoms with van der Waals surface area (Å²) >= 11 is 0. The quantitative estimate of drug-likeness (QED) is 0.160. The summed E-state index contributed by atoms with van der Waals surface area (Å²) in [6.45, 7) is 4.76. The lowest BCUT2D eigenvalue weighted by atomic mass is 9.78. The summed E-state index contributed by atoms with van der Waals surface area (Å²) in [5.41, 5.74) is 19.7. The van der Waals surface area contributed by atoms with Crippen LogP contribution in [0.5, 0.6) is 0 Å². The average Bonchev–Trinajstić information content (AvgIpc) is 3.61. The first-order valence-corrected chi connectivity index (χ1v) is 22.5. The molecule has 2 nitrogen and oxygen atoms in total. The molecule has 12 rings (SSSR count). The Kier molecular flexibility index (Phi) is 9.21. The molecule has 1 aliphatic carbocycles. The van der Waals surface area contributed by atoms with Gasteiger partial charge in [0.05, 0.1) is 11.4 Å². The molecule has 65 heavy (non-hydrogen) atoms. The van der Waals surface area contributed by atoms with E-state index >= 15 is 0 Å². The SMILES string of the molecule is CC1(C)c2ccccc2-c2cccc(-c3cc(-c4cccc5ccccc45)cc(-c4ccc(-c5cc(-c6ccc(-c7ccccc7)cc6)nc(-c6ccccc6)n5)c5ccccc45)c3)c21. The fraction of sp³-hybridized carbons (Fsp3) is 0.0476. The maximum Gasteiger partial charge on any atom is 0.160 e. The third kappa shape index (κ3) is 6.65. The van der Waals surface area contributed by atoms with Crippen LogP contribution < -0.4 is 0 Å².